The number of nitrogens with zero attached hydrogens (tertiary/aromatic N) is 2. The van der Waals surface area contributed by atoms with E-state index in [1.54, 1.807) is 0 Å². The molecule has 0 bridgehead atoms. The maximum atomic E-state index is 9.75. The van der Waals surface area contributed by atoms with Gasteiger partial charge in [0.15, 0.2) is 0 Å². The normalized spacial score (nSPS) is 11.5. The highest BCUT2D eigenvalue weighted by atomic mass is 16.3. The zero-order valence-corrected chi connectivity index (χ0v) is 12.3. The molecular weight excluding hydrogens is 224 g/mol. The Morgan fingerprint density at radius 3 is 2.06 bits per heavy atom. The van der Waals surface area contributed by atoms with E-state index >= 15 is 0 Å². The van der Waals surface area contributed by atoms with Gasteiger partial charge >= 0.3 is 0 Å². The third-order valence-electron chi connectivity index (χ3n) is 3.15. The van der Waals surface area contributed by atoms with Gasteiger partial charge in [-0.05, 0) is 71.2 Å². The van der Waals surface area contributed by atoms with Gasteiger partial charge in [-0.1, -0.05) is 12.1 Å². The van der Waals surface area contributed by atoms with Crippen LogP contribution in [0.1, 0.15) is 23.1 Å². The van der Waals surface area contributed by atoms with Gasteiger partial charge in [-0.15, -0.1) is 0 Å². The fraction of sp³-hybridized carbons (Fsp3) is 0.600. The van der Waals surface area contributed by atoms with E-state index in [0.29, 0.717) is 5.75 Å². The number of phenols is 1. The molecule has 3 nitrogen and oxygen atoms in total. The molecule has 0 aliphatic rings. The number of hydrogen-bond acceptors (Lipinski definition) is 3. The first-order valence-corrected chi connectivity index (χ1v) is 6.52. The van der Waals surface area contributed by atoms with E-state index in [-0.39, 0.29) is 0 Å². The molecule has 3 heteroatoms. The minimum absolute atomic E-state index is 0.425. The summed E-state index contributed by atoms with van der Waals surface area (Å²) in [5.41, 5.74) is 3.20. The summed E-state index contributed by atoms with van der Waals surface area (Å²) in [7, 11) is 6.35. The standard InChI is InChI=1S/C15H26N2O/c1-12-9-14(10-13(2)15(12)18)11-17(5)8-6-7-16(3)4/h9-10,18H,6-8,11H2,1-5H3. The van der Waals surface area contributed by atoms with Crippen molar-refractivity contribution < 1.29 is 5.11 Å². The van der Waals surface area contributed by atoms with Gasteiger partial charge in [-0.3, -0.25) is 0 Å². The van der Waals surface area contributed by atoms with Crippen molar-refractivity contribution in [3.05, 3.63) is 28.8 Å². The van der Waals surface area contributed by atoms with Crippen molar-refractivity contribution in [2.75, 3.05) is 34.2 Å². The quantitative estimate of drug-likeness (QED) is 0.840. The van der Waals surface area contributed by atoms with Crippen LogP contribution in [0, 0.1) is 13.8 Å². The molecule has 0 aromatic heterocycles. The molecule has 1 N–H and O–H groups in total. The molecule has 1 rings (SSSR count). The highest BCUT2D eigenvalue weighted by molar-refractivity contribution is 5.42. The molecule has 0 saturated carbocycles. The average molecular weight is 250 g/mol. The Balaban J connectivity index is 2.51. The summed E-state index contributed by atoms with van der Waals surface area (Å²) < 4.78 is 0. The lowest BCUT2D eigenvalue weighted by Crippen LogP contribution is -2.23. The Bertz CT molecular complexity index is 365. The van der Waals surface area contributed by atoms with Gasteiger partial charge in [-0.25, -0.2) is 0 Å². The van der Waals surface area contributed by atoms with Gasteiger partial charge in [0.1, 0.15) is 5.75 Å². The molecule has 0 unspecified atom stereocenters. The zero-order valence-electron chi connectivity index (χ0n) is 12.3. The van der Waals surface area contributed by atoms with Crippen LogP contribution in [0.4, 0.5) is 0 Å². The topological polar surface area (TPSA) is 26.7 Å². The first kappa shape index (κ1) is 15.0. The molecule has 1 aromatic rings. The summed E-state index contributed by atoms with van der Waals surface area (Å²) in [4.78, 5) is 4.54. The fourth-order valence-electron chi connectivity index (χ4n) is 2.18. The maximum Gasteiger partial charge on any atom is 0.121 e. The number of rotatable bonds is 6. The Hall–Kier alpha value is -1.06. The van der Waals surface area contributed by atoms with Crippen molar-refractivity contribution >= 4 is 0 Å². The van der Waals surface area contributed by atoms with Gasteiger partial charge in [0.05, 0.1) is 0 Å². The van der Waals surface area contributed by atoms with Crippen LogP contribution in [0.15, 0.2) is 12.1 Å². The van der Waals surface area contributed by atoms with Crippen molar-refractivity contribution in [2.45, 2.75) is 26.8 Å². The van der Waals surface area contributed by atoms with Gasteiger partial charge in [0, 0.05) is 6.54 Å². The van der Waals surface area contributed by atoms with Crippen LogP contribution in [-0.2, 0) is 6.54 Å². The molecule has 0 spiro atoms. The number of aryl methyl sites for hydroxylation is 2. The first-order chi connectivity index (χ1) is 8.40. The minimum Gasteiger partial charge on any atom is -0.507 e. The smallest absolute Gasteiger partial charge is 0.121 e. The predicted molar refractivity (Wildman–Crippen MR) is 77.1 cm³/mol. The lowest BCUT2D eigenvalue weighted by Gasteiger charge is -2.19. The molecule has 0 aliphatic heterocycles. The van der Waals surface area contributed by atoms with Crippen LogP contribution in [0.3, 0.4) is 0 Å². The second-order valence-corrected chi connectivity index (χ2v) is 5.47. The van der Waals surface area contributed by atoms with E-state index in [1.807, 2.05) is 13.8 Å². The van der Waals surface area contributed by atoms with E-state index in [9.17, 15) is 5.11 Å². The van der Waals surface area contributed by atoms with Crippen molar-refractivity contribution in [3.63, 3.8) is 0 Å². The minimum atomic E-state index is 0.425. The monoisotopic (exact) mass is 250 g/mol. The Morgan fingerprint density at radius 2 is 1.56 bits per heavy atom. The van der Waals surface area contributed by atoms with Gasteiger partial charge in [-0.2, -0.15) is 0 Å². The van der Waals surface area contributed by atoms with Crippen LogP contribution in [0.25, 0.3) is 0 Å². The summed E-state index contributed by atoms with van der Waals surface area (Å²) in [6, 6.07) is 4.15. The summed E-state index contributed by atoms with van der Waals surface area (Å²) in [6.07, 6.45) is 1.18. The SMILES string of the molecule is Cc1cc(CN(C)CCCN(C)C)cc(C)c1O. The second kappa shape index (κ2) is 6.76. The Labute approximate surface area is 111 Å². The highest BCUT2D eigenvalue weighted by Gasteiger charge is 2.06. The Morgan fingerprint density at radius 1 is 1.00 bits per heavy atom. The molecule has 0 heterocycles. The van der Waals surface area contributed by atoms with Crippen LogP contribution >= 0.6 is 0 Å². The zero-order chi connectivity index (χ0) is 13.7. The fourth-order valence-corrected chi connectivity index (χ4v) is 2.18. The second-order valence-electron chi connectivity index (χ2n) is 5.47. The Kier molecular flexibility index (Phi) is 5.63. The number of benzene rings is 1. The predicted octanol–water partition coefficient (Wildman–Crippen LogP) is 2.39. The average Bonchev–Trinajstić information content (AvgIpc) is 2.25. The number of hydrogen-bond donors (Lipinski definition) is 1. The third-order valence-corrected chi connectivity index (χ3v) is 3.15. The molecule has 0 radical (unpaired) electrons. The first-order valence-electron chi connectivity index (χ1n) is 6.52. The van der Waals surface area contributed by atoms with Gasteiger partial charge in [0.2, 0.25) is 0 Å². The summed E-state index contributed by atoms with van der Waals surface area (Å²) >= 11 is 0. The highest BCUT2D eigenvalue weighted by Crippen LogP contribution is 2.23. The number of aromatic hydroxyl groups is 1. The van der Waals surface area contributed by atoms with E-state index < -0.39 is 0 Å². The van der Waals surface area contributed by atoms with E-state index in [2.05, 4.69) is 43.1 Å². The van der Waals surface area contributed by atoms with Crippen LogP contribution in [0.5, 0.6) is 5.75 Å². The van der Waals surface area contributed by atoms with E-state index in [0.717, 1.165) is 30.8 Å². The summed E-state index contributed by atoms with van der Waals surface area (Å²) in [5, 5.41) is 9.75. The van der Waals surface area contributed by atoms with Crippen LogP contribution < -0.4 is 0 Å². The van der Waals surface area contributed by atoms with Crippen LogP contribution in [0.2, 0.25) is 0 Å². The molecule has 18 heavy (non-hydrogen) atoms. The molecule has 1 aromatic carbocycles. The third kappa shape index (κ3) is 4.67. The molecule has 102 valence electrons. The van der Waals surface area contributed by atoms with Crippen molar-refractivity contribution in [1.82, 2.24) is 9.80 Å². The molecule has 0 atom stereocenters. The largest absolute Gasteiger partial charge is 0.507 e. The number of phenolic OH excluding ortho intramolecular Hbond substituents is 1. The molecular formula is C15H26N2O. The van der Waals surface area contributed by atoms with Gasteiger partial charge < -0.3 is 14.9 Å². The van der Waals surface area contributed by atoms with Crippen molar-refractivity contribution in [2.24, 2.45) is 0 Å². The van der Waals surface area contributed by atoms with Gasteiger partial charge in [0.25, 0.3) is 0 Å². The molecule has 0 saturated heterocycles. The summed E-state index contributed by atoms with van der Waals surface area (Å²) in [5.74, 6) is 0.425. The molecule has 0 fully saturated rings. The maximum absolute atomic E-state index is 9.75. The summed E-state index contributed by atoms with van der Waals surface area (Å²) in [6.45, 7) is 7.07. The lowest BCUT2D eigenvalue weighted by atomic mass is 10.1. The lowest BCUT2D eigenvalue weighted by molar-refractivity contribution is 0.294. The van der Waals surface area contributed by atoms with E-state index in [4.69, 9.17) is 0 Å². The molecule has 0 aliphatic carbocycles. The van der Waals surface area contributed by atoms with E-state index in [1.165, 1.54) is 12.0 Å². The van der Waals surface area contributed by atoms with Crippen molar-refractivity contribution in [1.29, 1.82) is 0 Å². The van der Waals surface area contributed by atoms with Crippen LogP contribution in [-0.4, -0.2) is 49.1 Å². The molecule has 0 amide bonds. The van der Waals surface area contributed by atoms with Crippen molar-refractivity contribution in [3.8, 4) is 5.75 Å².